The fraction of sp³-hybridized carbons (Fsp3) is 0.0556. The van der Waals surface area contributed by atoms with Crippen molar-refractivity contribution >= 4 is 34.0 Å². The Morgan fingerprint density at radius 2 is 1.81 bits per heavy atom. The number of thiazole rings is 1. The van der Waals surface area contributed by atoms with Gasteiger partial charge in [-0.05, 0) is 34.7 Å². The maximum Gasteiger partial charge on any atom is 0.256 e. The standard InChI is InChI=1S/C18H14N6OS2/c25-16(14-9-5-2-6-10-14)20-15-11-19-18(26-15)27-17-21-23-24(22-17)12-13-7-3-1-4-8-13/h1-11H,12H2,(H,20,25). The van der Waals surface area contributed by atoms with Crippen molar-refractivity contribution in [2.75, 3.05) is 5.32 Å². The van der Waals surface area contributed by atoms with E-state index in [0.29, 0.717) is 22.3 Å². The van der Waals surface area contributed by atoms with Crippen molar-refractivity contribution in [3.63, 3.8) is 0 Å². The monoisotopic (exact) mass is 394 g/mol. The van der Waals surface area contributed by atoms with Crippen LogP contribution in [0.2, 0.25) is 0 Å². The van der Waals surface area contributed by atoms with Crippen molar-refractivity contribution in [3.8, 4) is 0 Å². The molecular formula is C18H14N6OS2. The predicted molar refractivity (Wildman–Crippen MR) is 104 cm³/mol. The molecule has 0 bridgehead atoms. The van der Waals surface area contributed by atoms with Crippen LogP contribution in [-0.2, 0) is 6.54 Å². The molecule has 4 rings (SSSR count). The van der Waals surface area contributed by atoms with Gasteiger partial charge in [0.1, 0.15) is 5.00 Å². The molecular weight excluding hydrogens is 380 g/mol. The molecule has 2 heterocycles. The lowest BCUT2D eigenvalue weighted by Gasteiger charge is -2.00. The van der Waals surface area contributed by atoms with Crippen LogP contribution in [0.4, 0.5) is 5.00 Å². The number of hydrogen-bond acceptors (Lipinski definition) is 7. The molecule has 0 saturated carbocycles. The SMILES string of the molecule is O=C(Nc1cnc(Sc2nnn(Cc3ccccc3)n2)s1)c1ccccc1. The summed E-state index contributed by atoms with van der Waals surface area (Å²) in [7, 11) is 0. The normalized spacial score (nSPS) is 10.7. The molecule has 4 aromatic rings. The number of amides is 1. The molecule has 0 radical (unpaired) electrons. The van der Waals surface area contributed by atoms with E-state index in [2.05, 4.69) is 25.7 Å². The Morgan fingerprint density at radius 3 is 2.59 bits per heavy atom. The van der Waals surface area contributed by atoms with Crippen LogP contribution in [0, 0.1) is 0 Å². The third-order valence-corrected chi connectivity index (χ3v) is 5.37. The Labute approximate surface area is 163 Å². The van der Waals surface area contributed by atoms with E-state index in [4.69, 9.17) is 0 Å². The second-order valence-electron chi connectivity index (χ2n) is 5.50. The lowest BCUT2D eigenvalue weighted by atomic mass is 10.2. The van der Waals surface area contributed by atoms with Crippen molar-refractivity contribution in [3.05, 3.63) is 78.0 Å². The average molecular weight is 394 g/mol. The Balaban J connectivity index is 1.37. The van der Waals surface area contributed by atoms with Crippen LogP contribution in [0.1, 0.15) is 15.9 Å². The van der Waals surface area contributed by atoms with E-state index >= 15 is 0 Å². The number of anilines is 1. The van der Waals surface area contributed by atoms with Gasteiger partial charge in [0.05, 0.1) is 12.7 Å². The second-order valence-corrected chi connectivity index (χ2v) is 7.75. The summed E-state index contributed by atoms with van der Waals surface area (Å²) >= 11 is 2.68. The van der Waals surface area contributed by atoms with Crippen molar-refractivity contribution < 1.29 is 4.79 Å². The third-order valence-electron chi connectivity index (χ3n) is 3.54. The molecule has 0 saturated heterocycles. The number of carbonyl (C=O) groups excluding carboxylic acids is 1. The molecule has 134 valence electrons. The van der Waals surface area contributed by atoms with Gasteiger partial charge in [-0.15, -0.1) is 10.2 Å². The van der Waals surface area contributed by atoms with Gasteiger partial charge in [0.25, 0.3) is 5.91 Å². The zero-order valence-corrected chi connectivity index (χ0v) is 15.7. The summed E-state index contributed by atoms with van der Waals surface area (Å²) in [4.78, 5) is 18.0. The first kappa shape index (κ1) is 17.4. The number of benzene rings is 2. The van der Waals surface area contributed by atoms with Gasteiger partial charge in [-0.2, -0.15) is 4.80 Å². The fourth-order valence-corrected chi connectivity index (χ4v) is 3.97. The molecule has 0 unspecified atom stereocenters. The maximum atomic E-state index is 12.2. The maximum absolute atomic E-state index is 12.2. The summed E-state index contributed by atoms with van der Waals surface area (Å²) < 4.78 is 0.734. The molecule has 0 atom stereocenters. The van der Waals surface area contributed by atoms with Crippen LogP contribution >= 0.6 is 23.1 Å². The molecule has 0 aliphatic carbocycles. The summed E-state index contributed by atoms with van der Waals surface area (Å²) in [5.41, 5.74) is 1.71. The number of aromatic nitrogens is 5. The minimum atomic E-state index is -0.164. The van der Waals surface area contributed by atoms with Crippen LogP contribution in [-0.4, -0.2) is 31.1 Å². The highest BCUT2D eigenvalue weighted by atomic mass is 32.2. The molecule has 1 N–H and O–H groups in total. The van der Waals surface area contributed by atoms with Crippen LogP contribution in [0.5, 0.6) is 0 Å². The highest BCUT2D eigenvalue weighted by Gasteiger charge is 2.12. The van der Waals surface area contributed by atoms with Crippen LogP contribution in [0.15, 0.2) is 76.4 Å². The molecule has 0 aliphatic heterocycles. The molecule has 0 aliphatic rings. The van der Waals surface area contributed by atoms with Gasteiger partial charge in [0, 0.05) is 5.56 Å². The highest BCUT2D eigenvalue weighted by Crippen LogP contribution is 2.31. The van der Waals surface area contributed by atoms with Gasteiger partial charge in [-0.25, -0.2) is 4.98 Å². The topological polar surface area (TPSA) is 85.6 Å². The van der Waals surface area contributed by atoms with E-state index in [-0.39, 0.29) is 5.91 Å². The van der Waals surface area contributed by atoms with E-state index < -0.39 is 0 Å². The number of rotatable bonds is 6. The highest BCUT2D eigenvalue weighted by molar-refractivity contribution is 8.00. The predicted octanol–water partition coefficient (Wildman–Crippen LogP) is 3.58. The zero-order valence-electron chi connectivity index (χ0n) is 14.0. The number of tetrazole rings is 1. The average Bonchev–Trinajstić information content (AvgIpc) is 3.33. The van der Waals surface area contributed by atoms with Gasteiger partial charge in [0.15, 0.2) is 4.34 Å². The first-order valence-electron chi connectivity index (χ1n) is 8.08. The third kappa shape index (κ3) is 4.57. The van der Waals surface area contributed by atoms with Crippen molar-refractivity contribution in [2.24, 2.45) is 0 Å². The Bertz CT molecular complexity index is 1030. The van der Waals surface area contributed by atoms with E-state index in [1.165, 1.54) is 23.1 Å². The van der Waals surface area contributed by atoms with E-state index in [1.807, 2.05) is 48.5 Å². The number of carbonyl (C=O) groups is 1. The Morgan fingerprint density at radius 1 is 1.07 bits per heavy atom. The second kappa shape index (κ2) is 8.11. The fourth-order valence-electron chi connectivity index (χ4n) is 2.30. The molecule has 2 aromatic heterocycles. The molecule has 7 nitrogen and oxygen atoms in total. The summed E-state index contributed by atoms with van der Waals surface area (Å²) in [6, 6.07) is 19.0. The summed E-state index contributed by atoms with van der Waals surface area (Å²) in [5.74, 6) is -0.164. The smallest absolute Gasteiger partial charge is 0.256 e. The number of nitrogens with zero attached hydrogens (tertiary/aromatic N) is 5. The van der Waals surface area contributed by atoms with Crippen LogP contribution in [0.3, 0.4) is 0 Å². The van der Waals surface area contributed by atoms with Gasteiger partial charge in [-0.1, -0.05) is 59.9 Å². The molecule has 27 heavy (non-hydrogen) atoms. The molecule has 0 spiro atoms. The van der Waals surface area contributed by atoms with E-state index in [0.717, 1.165) is 9.90 Å². The summed E-state index contributed by atoms with van der Waals surface area (Å²) in [6.07, 6.45) is 1.63. The molecule has 9 heteroatoms. The minimum absolute atomic E-state index is 0.164. The summed E-state index contributed by atoms with van der Waals surface area (Å²) in [5, 5.41) is 16.5. The van der Waals surface area contributed by atoms with Crippen molar-refractivity contribution in [1.29, 1.82) is 0 Å². The zero-order chi connectivity index (χ0) is 18.5. The first-order chi connectivity index (χ1) is 13.3. The number of hydrogen-bond donors (Lipinski definition) is 1. The number of nitrogens with one attached hydrogen (secondary N) is 1. The van der Waals surface area contributed by atoms with Crippen LogP contribution < -0.4 is 5.32 Å². The van der Waals surface area contributed by atoms with Gasteiger partial charge in [0.2, 0.25) is 5.16 Å². The lowest BCUT2D eigenvalue weighted by Crippen LogP contribution is -2.10. The van der Waals surface area contributed by atoms with Gasteiger partial charge in [-0.3, -0.25) is 4.79 Å². The van der Waals surface area contributed by atoms with Crippen molar-refractivity contribution in [2.45, 2.75) is 16.0 Å². The Kier molecular flexibility index (Phi) is 5.22. The lowest BCUT2D eigenvalue weighted by molar-refractivity contribution is 0.102. The summed E-state index contributed by atoms with van der Waals surface area (Å²) in [6.45, 7) is 0.560. The largest absolute Gasteiger partial charge is 0.312 e. The van der Waals surface area contributed by atoms with E-state index in [1.54, 1.807) is 23.1 Å². The van der Waals surface area contributed by atoms with Crippen LogP contribution in [0.25, 0.3) is 0 Å². The molecule has 1 amide bonds. The quantitative estimate of drug-likeness (QED) is 0.538. The van der Waals surface area contributed by atoms with Gasteiger partial charge >= 0.3 is 0 Å². The Hall–Kier alpha value is -3.04. The van der Waals surface area contributed by atoms with E-state index in [9.17, 15) is 4.79 Å². The molecule has 0 fully saturated rings. The molecule has 2 aromatic carbocycles. The van der Waals surface area contributed by atoms with Gasteiger partial charge < -0.3 is 5.32 Å². The van der Waals surface area contributed by atoms with Crippen molar-refractivity contribution in [1.82, 2.24) is 25.2 Å². The first-order valence-corrected chi connectivity index (χ1v) is 9.71. The minimum Gasteiger partial charge on any atom is -0.312 e.